The van der Waals surface area contributed by atoms with Gasteiger partial charge in [0.1, 0.15) is 29.7 Å². The number of amides is 2. The van der Waals surface area contributed by atoms with E-state index in [9.17, 15) is 19.5 Å². The zero-order valence-corrected chi connectivity index (χ0v) is 31.5. The van der Waals surface area contributed by atoms with Crippen LogP contribution in [0.1, 0.15) is 68.1 Å². The summed E-state index contributed by atoms with van der Waals surface area (Å²) in [6.45, 7) is 14.3. The third-order valence-corrected chi connectivity index (χ3v) is 7.96. The number of alkyl carbamates (subject to hydrolysis) is 1. The molecule has 284 valence electrons. The molecule has 11 nitrogen and oxygen atoms in total. The van der Waals surface area contributed by atoms with Crippen LogP contribution in [0, 0.1) is 0 Å². The van der Waals surface area contributed by atoms with Gasteiger partial charge in [-0.25, -0.2) is 9.59 Å². The lowest BCUT2D eigenvalue weighted by Crippen LogP contribution is -2.44. The van der Waals surface area contributed by atoms with Gasteiger partial charge >= 0.3 is 12.1 Å². The summed E-state index contributed by atoms with van der Waals surface area (Å²) in [6.07, 6.45) is 0.340. The predicted octanol–water partition coefficient (Wildman–Crippen LogP) is 7.29. The van der Waals surface area contributed by atoms with Gasteiger partial charge < -0.3 is 40.6 Å². The number of aliphatic carboxylic acids is 1. The molecule has 11 heteroatoms. The van der Waals surface area contributed by atoms with E-state index in [0.29, 0.717) is 36.8 Å². The Morgan fingerprint density at radius 1 is 0.792 bits per heavy atom. The Bertz CT molecular complexity index is 1690. The Balaban J connectivity index is 0.000000286. The van der Waals surface area contributed by atoms with E-state index in [0.717, 1.165) is 48.4 Å². The maximum absolute atomic E-state index is 11.8. The Labute approximate surface area is 313 Å². The highest BCUT2D eigenvalue weighted by molar-refractivity contribution is 5.99. The first kappa shape index (κ1) is 41.9. The molecule has 5 N–H and O–H groups in total. The number of carboxylic acid groups (broad SMARTS) is 1. The van der Waals surface area contributed by atoms with Crippen LogP contribution in [0.15, 0.2) is 103 Å². The van der Waals surface area contributed by atoms with Crippen molar-refractivity contribution < 1.29 is 33.7 Å². The van der Waals surface area contributed by atoms with Gasteiger partial charge in [0.15, 0.2) is 0 Å². The van der Waals surface area contributed by atoms with Gasteiger partial charge in [-0.1, -0.05) is 86.6 Å². The van der Waals surface area contributed by atoms with Gasteiger partial charge in [0.05, 0.1) is 12.2 Å². The molecule has 0 fully saturated rings. The average molecular weight is 727 g/mol. The molecule has 0 saturated carbocycles. The topological polar surface area (TPSA) is 152 Å². The fourth-order valence-corrected chi connectivity index (χ4v) is 5.13. The fraction of sp³-hybridized carbons (Fsp3) is 0.357. The molecule has 2 amide bonds. The number of nitrogens with zero attached hydrogens (tertiary/aromatic N) is 1. The van der Waals surface area contributed by atoms with Gasteiger partial charge in [-0.3, -0.25) is 4.79 Å². The van der Waals surface area contributed by atoms with Crippen LogP contribution in [0.3, 0.4) is 0 Å². The molecule has 0 radical (unpaired) electrons. The van der Waals surface area contributed by atoms with Crippen molar-refractivity contribution in [3.05, 3.63) is 125 Å². The minimum absolute atomic E-state index is 0.146. The van der Waals surface area contributed by atoms with Crippen LogP contribution in [0.2, 0.25) is 0 Å². The molecule has 0 saturated heterocycles. The third kappa shape index (κ3) is 16.1. The Kier molecular flexibility index (Phi) is 17.2. The highest BCUT2D eigenvalue weighted by atomic mass is 16.6. The fourth-order valence-electron chi connectivity index (χ4n) is 5.13. The van der Waals surface area contributed by atoms with Gasteiger partial charge in [-0.2, -0.15) is 0 Å². The van der Waals surface area contributed by atoms with E-state index >= 15 is 0 Å². The SMILES string of the molecule is CC(C)(C)OC(=O)N[C@H](Cc1ccc(OCc2ccccc2)cc1)C(=O)O.CCN(CC)CCCOc1ccc(NCc2ccccc2)c(C(N)=O)c1. The quantitative estimate of drug-likeness (QED) is 0.0775. The summed E-state index contributed by atoms with van der Waals surface area (Å²) in [6, 6.07) is 31.3. The van der Waals surface area contributed by atoms with Crippen molar-refractivity contribution in [2.75, 3.05) is 31.6 Å². The number of carboxylic acids is 1. The van der Waals surface area contributed by atoms with E-state index in [-0.39, 0.29) is 6.42 Å². The lowest BCUT2D eigenvalue weighted by molar-refractivity contribution is -0.139. The maximum Gasteiger partial charge on any atom is 0.408 e. The molecule has 0 spiro atoms. The summed E-state index contributed by atoms with van der Waals surface area (Å²) >= 11 is 0. The molecule has 1 atom stereocenters. The molecule has 0 bridgehead atoms. The van der Waals surface area contributed by atoms with E-state index in [1.807, 2.05) is 72.8 Å². The summed E-state index contributed by atoms with van der Waals surface area (Å²) in [4.78, 5) is 37.4. The molecular weight excluding hydrogens is 672 g/mol. The smallest absolute Gasteiger partial charge is 0.408 e. The highest BCUT2D eigenvalue weighted by Crippen LogP contribution is 2.23. The zero-order chi connectivity index (χ0) is 38.6. The molecule has 4 aromatic rings. The molecule has 0 heterocycles. The van der Waals surface area contributed by atoms with Gasteiger partial charge in [0.2, 0.25) is 0 Å². The summed E-state index contributed by atoms with van der Waals surface area (Å²) in [5.74, 6) is -0.224. The molecule has 4 aromatic carbocycles. The molecule has 0 unspecified atom stereocenters. The number of hydrogen-bond donors (Lipinski definition) is 4. The third-order valence-electron chi connectivity index (χ3n) is 7.96. The van der Waals surface area contributed by atoms with E-state index in [2.05, 4.69) is 29.4 Å². The average Bonchev–Trinajstić information content (AvgIpc) is 3.14. The van der Waals surface area contributed by atoms with Crippen molar-refractivity contribution in [1.82, 2.24) is 10.2 Å². The Morgan fingerprint density at radius 3 is 1.96 bits per heavy atom. The van der Waals surface area contributed by atoms with Crippen LogP contribution in [-0.4, -0.2) is 65.9 Å². The van der Waals surface area contributed by atoms with E-state index in [1.165, 1.54) is 0 Å². The first-order valence-electron chi connectivity index (χ1n) is 17.9. The summed E-state index contributed by atoms with van der Waals surface area (Å²) in [5.41, 5.74) is 8.99. The lowest BCUT2D eigenvalue weighted by atomic mass is 10.1. The summed E-state index contributed by atoms with van der Waals surface area (Å²) in [7, 11) is 0. The van der Waals surface area contributed by atoms with Crippen LogP contribution < -0.4 is 25.8 Å². The molecule has 0 aliphatic carbocycles. The highest BCUT2D eigenvalue weighted by Gasteiger charge is 2.24. The minimum atomic E-state index is -1.12. The van der Waals surface area contributed by atoms with E-state index in [1.54, 1.807) is 51.1 Å². The standard InChI is InChI=1S/C21H29N3O2.C21H25NO5/c1-3-24(4-2)13-8-14-26-18-11-12-20(19(15-18)21(22)25)23-16-17-9-6-5-7-10-17;1-21(2,3)27-20(25)22-18(19(23)24)13-15-9-11-17(12-10-15)26-14-16-7-5-4-6-8-16/h5-7,9-12,15,23H,3-4,8,13-14,16H2,1-2H3,(H2,22,25);4-12,18H,13-14H2,1-3H3,(H,22,25)(H,23,24)/t;18-/m.1/s1. The van der Waals surface area contributed by atoms with Crippen LogP contribution in [0.5, 0.6) is 11.5 Å². The van der Waals surface area contributed by atoms with Crippen molar-refractivity contribution >= 4 is 23.7 Å². The molecule has 53 heavy (non-hydrogen) atoms. The monoisotopic (exact) mass is 726 g/mol. The number of rotatable bonds is 18. The number of benzene rings is 4. The Morgan fingerprint density at radius 2 is 1.40 bits per heavy atom. The number of carbonyl (C=O) groups excluding carboxylic acids is 2. The van der Waals surface area contributed by atoms with Gasteiger partial charge in [0.25, 0.3) is 5.91 Å². The number of ether oxygens (including phenoxy) is 3. The van der Waals surface area contributed by atoms with E-state index in [4.69, 9.17) is 19.9 Å². The second-order valence-corrected chi connectivity index (χ2v) is 13.3. The van der Waals surface area contributed by atoms with Crippen molar-refractivity contribution in [3.8, 4) is 11.5 Å². The molecule has 4 rings (SSSR count). The van der Waals surface area contributed by atoms with Crippen molar-refractivity contribution in [3.63, 3.8) is 0 Å². The molecule has 0 aromatic heterocycles. The lowest BCUT2D eigenvalue weighted by Gasteiger charge is -2.22. The van der Waals surface area contributed by atoms with Crippen LogP contribution in [0.25, 0.3) is 0 Å². The number of anilines is 1. The van der Waals surface area contributed by atoms with Gasteiger partial charge in [-0.05, 0) is 87.3 Å². The first-order valence-corrected chi connectivity index (χ1v) is 17.9. The van der Waals surface area contributed by atoms with Crippen LogP contribution in [-0.2, 0) is 29.1 Å². The van der Waals surface area contributed by atoms with Crippen LogP contribution >= 0.6 is 0 Å². The van der Waals surface area contributed by atoms with Crippen molar-refractivity contribution in [2.24, 2.45) is 5.73 Å². The number of hydrogen-bond acceptors (Lipinski definition) is 8. The number of nitrogens with one attached hydrogen (secondary N) is 2. The maximum atomic E-state index is 11.8. The second kappa shape index (κ2) is 21.7. The largest absolute Gasteiger partial charge is 0.494 e. The first-order chi connectivity index (χ1) is 25.4. The molecular formula is C42H54N4O7. The molecule has 0 aliphatic heterocycles. The zero-order valence-electron chi connectivity index (χ0n) is 31.5. The van der Waals surface area contributed by atoms with Gasteiger partial charge in [-0.15, -0.1) is 0 Å². The Hall–Kier alpha value is -5.55. The van der Waals surface area contributed by atoms with Crippen molar-refractivity contribution in [2.45, 2.75) is 72.3 Å². The summed E-state index contributed by atoms with van der Waals surface area (Å²) < 4.78 is 16.6. The number of primary amides is 1. The van der Waals surface area contributed by atoms with Crippen molar-refractivity contribution in [1.29, 1.82) is 0 Å². The normalized spacial score (nSPS) is 11.4. The molecule has 0 aliphatic rings. The van der Waals surface area contributed by atoms with Gasteiger partial charge in [0, 0.05) is 25.2 Å². The second-order valence-electron chi connectivity index (χ2n) is 13.3. The van der Waals surface area contributed by atoms with E-state index < -0.39 is 29.6 Å². The number of carbonyl (C=O) groups is 3. The summed E-state index contributed by atoms with van der Waals surface area (Å²) in [5, 5.41) is 15.0. The van der Waals surface area contributed by atoms with Crippen LogP contribution in [0.4, 0.5) is 10.5 Å². The predicted molar refractivity (Wildman–Crippen MR) is 208 cm³/mol. The minimum Gasteiger partial charge on any atom is -0.494 e. The number of nitrogens with two attached hydrogens (primary N) is 1.